The van der Waals surface area contributed by atoms with E-state index in [1.54, 1.807) is 0 Å². The highest BCUT2D eigenvalue weighted by molar-refractivity contribution is 7.90. The zero-order valence-corrected chi connectivity index (χ0v) is 20.1. The zero-order chi connectivity index (χ0) is 24.1. The minimum Gasteiger partial charge on any atom is -0.494 e. The lowest BCUT2D eigenvalue weighted by atomic mass is 10.1. The minimum atomic E-state index is -3.78. The van der Waals surface area contributed by atoms with Gasteiger partial charge in [-0.15, -0.1) is 0 Å². The number of hydrogen-bond donors (Lipinski definition) is 1. The van der Waals surface area contributed by atoms with Crippen molar-refractivity contribution in [2.24, 2.45) is 5.16 Å². The third kappa shape index (κ3) is 5.25. The Morgan fingerprint density at radius 1 is 1.18 bits per heavy atom. The molecule has 2 aliphatic rings. The van der Waals surface area contributed by atoms with Gasteiger partial charge in [0.15, 0.2) is 5.82 Å². The van der Waals surface area contributed by atoms with Gasteiger partial charge in [0.2, 0.25) is 0 Å². The Bertz CT molecular complexity index is 1160. The molecule has 2 heterocycles. The maximum absolute atomic E-state index is 14.1. The molecule has 1 fully saturated rings. The molecule has 0 atom stereocenters. The molecular weight excluding hydrogens is 461 g/mol. The fourth-order valence-corrected chi connectivity index (χ4v) is 5.86. The van der Waals surface area contributed by atoms with Crippen molar-refractivity contribution >= 4 is 27.4 Å². The van der Waals surface area contributed by atoms with Crippen LogP contribution < -0.4 is 14.8 Å². The van der Waals surface area contributed by atoms with Gasteiger partial charge in [0.05, 0.1) is 24.2 Å². The predicted molar refractivity (Wildman–Crippen MR) is 129 cm³/mol. The number of nitrogens with zero attached hydrogens (tertiary/aromatic N) is 4. The second kappa shape index (κ2) is 10.6. The molecule has 1 aliphatic carbocycles. The molecule has 1 aromatic carbocycles. The number of nitrogen functional groups attached to an aromatic ring is 1. The van der Waals surface area contributed by atoms with Gasteiger partial charge in [-0.3, -0.25) is 4.31 Å². The average Bonchev–Trinajstić information content (AvgIpc) is 3.35. The van der Waals surface area contributed by atoms with Gasteiger partial charge in [-0.2, -0.15) is 12.7 Å². The quantitative estimate of drug-likeness (QED) is 0.404. The van der Waals surface area contributed by atoms with Crippen molar-refractivity contribution < 1.29 is 22.4 Å². The summed E-state index contributed by atoms with van der Waals surface area (Å²) in [6.07, 6.45) is 5.06. The maximum atomic E-state index is 14.1. The summed E-state index contributed by atoms with van der Waals surface area (Å²) in [5, 5.41) is 4.18. The molecule has 0 radical (unpaired) electrons. The summed E-state index contributed by atoms with van der Waals surface area (Å²) in [6, 6.07) is 7.28. The number of oxime groups is 1. The lowest BCUT2D eigenvalue weighted by molar-refractivity contribution is 0.158. The molecule has 0 bridgehead atoms. The third-order valence-electron chi connectivity index (χ3n) is 5.93. The van der Waals surface area contributed by atoms with Crippen molar-refractivity contribution in [1.29, 1.82) is 0 Å². The average molecular weight is 492 g/mol. The number of hydrogen-bond acceptors (Lipinski definition) is 7. The molecule has 0 unspecified atom stereocenters. The van der Waals surface area contributed by atoms with Crippen LogP contribution in [0.3, 0.4) is 0 Å². The Hall–Kier alpha value is -2.92. The van der Waals surface area contributed by atoms with Crippen LogP contribution in [-0.2, 0) is 21.5 Å². The first-order valence-corrected chi connectivity index (χ1v) is 12.9. The van der Waals surface area contributed by atoms with E-state index < -0.39 is 16.0 Å². The van der Waals surface area contributed by atoms with E-state index in [4.69, 9.17) is 15.3 Å². The summed E-state index contributed by atoms with van der Waals surface area (Å²) in [7, 11) is -3.78. The van der Waals surface area contributed by atoms with Crippen molar-refractivity contribution in [3.05, 3.63) is 47.4 Å². The number of aromatic nitrogens is 1. The number of ether oxygens (including phenoxy) is 1. The van der Waals surface area contributed by atoms with Crippen molar-refractivity contribution in [1.82, 2.24) is 9.29 Å². The summed E-state index contributed by atoms with van der Waals surface area (Å²) < 4.78 is 48.1. The number of pyridine rings is 1. The van der Waals surface area contributed by atoms with E-state index in [2.05, 4.69) is 16.2 Å². The zero-order valence-electron chi connectivity index (χ0n) is 19.2. The number of halogens is 1. The SMILES string of the molecule is CCON=C1CCc2cc(OCCCCCN3CCN(c4cc(N)ncc4F)S3(=O)=O)ccc21. The molecule has 1 aliphatic heterocycles. The predicted octanol–water partition coefficient (Wildman–Crippen LogP) is 3.11. The number of fused-ring (bicyclic) bond motifs is 1. The largest absolute Gasteiger partial charge is 0.494 e. The monoisotopic (exact) mass is 491 g/mol. The molecule has 184 valence electrons. The van der Waals surface area contributed by atoms with Gasteiger partial charge in [0, 0.05) is 31.3 Å². The van der Waals surface area contributed by atoms with Crippen LogP contribution in [0.25, 0.3) is 0 Å². The first-order valence-electron chi connectivity index (χ1n) is 11.5. The van der Waals surface area contributed by atoms with Crippen LogP contribution in [0.15, 0.2) is 35.6 Å². The minimum absolute atomic E-state index is 0.0611. The second-order valence-corrected chi connectivity index (χ2v) is 10.1. The third-order valence-corrected chi connectivity index (χ3v) is 7.88. The molecule has 1 saturated heterocycles. The van der Waals surface area contributed by atoms with Gasteiger partial charge >= 0.3 is 10.2 Å². The normalized spacial score (nSPS) is 18.4. The molecule has 0 saturated carbocycles. The fraction of sp³-hybridized carbons (Fsp3) is 0.478. The molecule has 2 aromatic rings. The Morgan fingerprint density at radius 2 is 2.03 bits per heavy atom. The van der Waals surface area contributed by atoms with Crippen LogP contribution in [0.2, 0.25) is 0 Å². The van der Waals surface area contributed by atoms with Crippen LogP contribution in [-0.4, -0.2) is 56.3 Å². The number of anilines is 2. The first-order chi connectivity index (χ1) is 16.4. The summed E-state index contributed by atoms with van der Waals surface area (Å²) >= 11 is 0. The summed E-state index contributed by atoms with van der Waals surface area (Å²) in [6.45, 7) is 3.89. The van der Waals surface area contributed by atoms with Crippen molar-refractivity contribution in [2.45, 2.75) is 39.0 Å². The van der Waals surface area contributed by atoms with E-state index in [9.17, 15) is 12.8 Å². The number of benzene rings is 1. The van der Waals surface area contributed by atoms with Crippen LogP contribution >= 0.6 is 0 Å². The maximum Gasteiger partial charge on any atom is 0.304 e. The van der Waals surface area contributed by atoms with Gasteiger partial charge in [0.25, 0.3) is 0 Å². The standard InChI is InChI=1S/C23H30FN5O4S/c1-2-33-27-21-9-6-17-14-18(7-8-19(17)21)32-13-5-3-4-10-28-11-12-29(34(28,30)31)22-15-23(25)26-16-20(22)24/h7-8,14-16H,2-6,9-13H2,1H3,(H2,25,26). The summed E-state index contributed by atoms with van der Waals surface area (Å²) in [5.74, 6) is 0.196. The van der Waals surface area contributed by atoms with Crippen molar-refractivity contribution in [3.63, 3.8) is 0 Å². The van der Waals surface area contributed by atoms with E-state index in [1.807, 2.05) is 19.1 Å². The van der Waals surface area contributed by atoms with E-state index >= 15 is 0 Å². The molecule has 4 rings (SSSR count). The number of aryl methyl sites for hydroxylation is 1. The Balaban J connectivity index is 1.21. The molecule has 1 aromatic heterocycles. The van der Waals surface area contributed by atoms with Gasteiger partial charge in [-0.05, 0) is 62.8 Å². The highest BCUT2D eigenvalue weighted by Gasteiger charge is 2.37. The smallest absolute Gasteiger partial charge is 0.304 e. The molecular formula is C23H30FN5O4S. The number of unbranched alkanes of at least 4 members (excludes halogenated alkanes) is 2. The van der Waals surface area contributed by atoms with Crippen LogP contribution in [0, 0.1) is 5.82 Å². The lowest BCUT2D eigenvalue weighted by Gasteiger charge is -2.20. The molecule has 0 spiro atoms. The summed E-state index contributed by atoms with van der Waals surface area (Å²) in [5.41, 5.74) is 8.86. The van der Waals surface area contributed by atoms with Crippen molar-refractivity contribution in [3.8, 4) is 5.75 Å². The van der Waals surface area contributed by atoms with Gasteiger partial charge in [-0.1, -0.05) is 5.16 Å². The number of rotatable bonds is 10. The molecule has 2 N–H and O–H groups in total. The van der Waals surface area contributed by atoms with Gasteiger partial charge < -0.3 is 15.3 Å². The van der Waals surface area contributed by atoms with E-state index in [0.717, 1.165) is 53.2 Å². The topological polar surface area (TPSA) is 110 Å². The van der Waals surface area contributed by atoms with E-state index in [-0.39, 0.29) is 18.1 Å². The molecule has 11 heteroatoms. The van der Waals surface area contributed by atoms with Crippen molar-refractivity contribution in [2.75, 3.05) is 42.9 Å². The molecule has 34 heavy (non-hydrogen) atoms. The first kappa shape index (κ1) is 24.2. The fourth-order valence-electron chi connectivity index (χ4n) is 4.21. The Kier molecular flexibility index (Phi) is 7.52. The molecule has 0 amide bonds. The van der Waals surface area contributed by atoms with E-state index in [0.29, 0.717) is 32.7 Å². The molecule has 9 nitrogen and oxygen atoms in total. The highest BCUT2D eigenvalue weighted by atomic mass is 32.2. The number of nitrogens with two attached hydrogens (primary N) is 1. The van der Waals surface area contributed by atoms with Crippen LogP contribution in [0.5, 0.6) is 5.75 Å². The Labute approximate surface area is 199 Å². The van der Waals surface area contributed by atoms with E-state index in [1.165, 1.54) is 15.9 Å². The van der Waals surface area contributed by atoms with Gasteiger partial charge in [0.1, 0.15) is 18.2 Å². The van der Waals surface area contributed by atoms with Crippen LogP contribution in [0.4, 0.5) is 15.9 Å². The second-order valence-electron chi connectivity index (χ2n) is 8.22. The Morgan fingerprint density at radius 3 is 2.85 bits per heavy atom. The van der Waals surface area contributed by atoms with Gasteiger partial charge in [-0.25, -0.2) is 9.37 Å². The summed E-state index contributed by atoms with van der Waals surface area (Å²) in [4.78, 5) is 8.84. The highest BCUT2D eigenvalue weighted by Crippen LogP contribution is 2.29. The lowest BCUT2D eigenvalue weighted by Crippen LogP contribution is -2.34. The van der Waals surface area contributed by atoms with Crippen LogP contribution in [0.1, 0.15) is 43.7 Å².